The van der Waals surface area contributed by atoms with Crippen molar-refractivity contribution in [1.29, 1.82) is 0 Å². The summed E-state index contributed by atoms with van der Waals surface area (Å²) in [7, 11) is 0. The van der Waals surface area contributed by atoms with E-state index in [9.17, 15) is 4.79 Å². The third-order valence-corrected chi connectivity index (χ3v) is 4.40. The van der Waals surface area contributed by atoms with E-state index in [1.54, 1.807) is 4.68 Å². The van der Waals surface area contributed by atoms with Gasteiger partial charge in [0.05, 0.1) is 18.4 Å². The van der Waals surface area contributed by atoms with Crippen LogP contribution < -0.4 is 0 Å². The minimum atomic E-state index is 0.120. The van der Waals surface area contributed by atoms with Gasteiger partial charge >= 0.3 is 0 Å². The molecule has 1 aromatic carbocycles. The Morgan fingerprint density at radius 2 is 2.12 bits per heavy atom. The number of hydrogen-bond donors (Lipinski definition) is 0. The van der Waals surface area contributed by atoms with Gasteiger partial charge in [-0.25, -0.2) is 0 Å². The van der Waals surface area contributed by atoms with E-state index in [0.29, 0.717) is 26.2 Å². The second-order valence-corrected chi connectivity index (χ2v) is 6.37. The highest BCUT2D eigenvalue weighted by molar-refractivity contribution is 5.76. The molecule has 0 aliphatic carbocycles. The molecule has 1 amide bonds. The highest BCUT2D eigenvalue weighted by Crippen LogP contribution is 2.14. The lowest BCUT2D eigenvalue weighted by Gasteiger charge is -2.33. The first-order valence-corrected chi connectivity index (χ1v) is 8.64. The van der Waals surface area contributed by atoms with Crippen LogP contribution in [0.3, 0.4) is 0 Å². The minimum Gasteiger partial charge on any atom is -0.375 e. The smallest absolute Gasteiger partial charge is 0.244 e. The molecule has 0 spiro atoms. The van der Waals surface area contributed by atoms with Crippen molar-refractivity contribution in [2.75, 3.05) is 19.7 Å². The normalized spacial score (nSPS) is 17.9. The van der Waals surface area contributed by atoms with Gasteiger partial charge in [-0.2, -0.15) is 5.10 Å². The molecule has 1 aromatic heterocycles. The van der Waals surface area contributed by atoms with Crippen LogP contribution in [0.15, 0.2) is 42.6 Å². The van der Waals surface area contributed by atoms with Gasteiger partial charge < -0.3 is 9.64 Å². The third-order valence-electron chi connectivity index (χ3n) is 4.40. The van der Waals surface area contributed by atoms with Crippen LogP contribution in [0.1, 0.15) is 24.1 Å². The number of aryl methyl sites for hydroxylation is 2. The molecule has 5 heteroatoms. The Hall–Kier alpha value is -2.14. The Morgan fingerprint density at radius 1 is 1.29 bits per heavy atom. The van der Waals surface area contributed by atoms with E-state index in [2.05, 4.69) is 29.4 Å². The summed E-state index contributed by atoms with van der Waals surface area (Å²) in [5.41, 5.74) is 2.29. The maximum atomic E-state index is 12.4. The van der Waals surface area contributed by atoms with Crippen LogP contribution in [0.2, 0.25) is 0 Å². The molecule has 1 atom stereocenters. The first-order valence-electron chi connectivity index (χ1n) is 8.64. The molecule has 1 saturated heterocycles. The molecule has 1 aliphatic heterocycles. The summed E-state index contributed by atoms with van der Waals surface area (Å²) in [5.74, 6) is 0.120. The Morgan fingerprint density at radius 3 is 2.88 bits per heavy atom. The lowest BCUT2D eigenvalue weighted by atomic mass is 10.1. The van der Waals surface area contributed by atoms with Gasteiger partial charge in [0.15, 0.2) is 0 Å². The Bertz CT molecular complexity index is 654. The molecule has 2 aromatic rings. The molecular formula is C19H25N3O2. The topological polar surface area (TPSA) is 47.4 Å². The van der Waals surface area contributed by atoms with Crippen molar-refractivity contribution in [1.82, 2.24) is 14.7 Å². The van der Waals surface area contributed by atoms with Crippen LogP contribution in [-0.4, -0.2) is 46.4 Å². The van der Waals surface area contributed by atoms with Crippen molar-refractivity contribution in [2.45, 2.75) is 38.8 Å². The van der Waals surface area contributed by atoms with E-state index in [-0.39, 0.29) is 12.0 Å². The number of amides is 1. The fourth-order valence-corrected chi connectivity index (χ4v) is 3.09. The van der Waals surface area contributed by atoms with Gasteiger partial charge in [-0.05, 0) is 37.8 Å². The predicted molar refractivity (Wildman–Crippen MR) is 92.7 cm³/mol. The highest BCUT2D eigenvalue weighted by Gasteiger charge is 2.24. The summed E-state index contributed by atoms with van der Waals surface area (Å²) in [4.78, 5) is 14.3. The fourth-order valence-electron chi connectivity index (χ4n) is 3.09. The number of morpholine rings is 1. The molecule has 1 aliphatic rings. The average molecular weight is 327 g/mol. The summed E-state index contributed by atoms with van der Waals surface area (Å²) in [6.45, 7) is 4.23. The SMILES string of the molecule is Cc1ccn(CC(=O)N2CCO[C@H](CCCc3ccccc3)C2)n1. The van der Waals surface area contributed by atoms with Gasteiger partial charge in [-0.3, -0.25) is 9.48 Å². The van der Waals surface area contributed by atoms with Crippen LogP contribution >= 0.6 is 0 Å². The summed E-state index contributed by atoms with van der Waals surface area (Å²) in [6, 6.07) is 12.4. The predicted octanol–water partition coefficient (Wildman–Crippen LogP) is 2.44. The van der Waals surface area contributed by atoms with Crippen molar-refractivity contribution in [3.05, 3.63) is 53.9 Å². The van der Waals surface area contributed by atoms with E-state index in [1.807, 2.05) is 30.2 Å². The van der Waals surface area contributed by atoms with Crippen molar-refractivity contribution < 1.29 is 9.53 Å². The fraction of sp³-hybridized carbons (Fsp3) is 0.474. The second-order valence-electron chi connectivity index (χ2n) is 6.37. The number of aromatic nitrogens is 2. The van der Waals surface area contributed by atoms with Gasteiger partial charge in [0, 0.05) is 19.3 Å². The standard InChI is InChI=1S/C19H25N3O2/c1-16-10-11-22(20-16)15-19(23)21-12-13-24-18(14-21)9-5-8-17-6-3-2-4-7-17/h2-4,6-7,10-11,18H,5,8-9,12-15H2,1H3/t18-/m1/s1. The van der Waals surface area contributed by atoms with Gasteiger partial charge in [-0.15, -0.1) is 0 Å². The van der Waals surface area contributed by atoms with Crippen LogP contribution in [0.5, 0.6) is 0 Å². The summed E-state index contributed by atoms with van der Waals surface area (Å²) in [6.07, 6.45) is 5.12. The van der Waals surface area contributed by atoms with E-state index >= 15 is 0 Å². The molecule has 0 saturated carbocycles. The van der Waals surface area contributed by atoms with Crippen LogP contribution in [0.4, 0.5) is 0 Å². The first kappa shape index (κ1) is 16.7. The van der Waals surface area contributed by atoms with Crippen LogP contribution in [0, 0.1) is 6.92 Å². The molecule has 1 fully saturated rings. The molecule has 5 nitrogen and oxygen atoms in total. The Balaban J connectivity index is 1.44. The zero-order chi connectivity index (χ0) is 16.8. The number of hydrogen-bond acceptors (Lipinski definition) is 3. The molecule has 2 heterocycles. The molecule has 0 bridgehead atoms. The maximum absolute atomic E-state index is 12.4. The minimum absolute atomic E-state index is 0.120. The summed E-state index contributed by atoms with van der Waals surface area (Å²) < 4.78 is 7.54. The monoisotopic (exact) mass is 327 g/mol. The zero-order valence-electron chi connectivity index (χ0n) is 14.2. The summed E-state index contributed by atoms with van der Waals surface area (Å²) >= 11 is 0. The number of carbonyl (C=O) groups excluding carboxylic acids is 1. The van der Waals surface area contributed by atoms with E-state index in [0.717, 1.165) is 25.0 Å². The number of ether oxygens (including phenoxy) is 1. The van der Waals surface area contributed by atoms with E-state index < -0.39 is 0 Å². The Kier molecular flexibility index (Phi) is 5.64. The molecule has 3 rings (SSSR count). The van der Waals surface area contributed by atoms with Crippen molar-refractivity contribution >= 4 is 5.91 Å². The Labute approximate surface area is 143 Å². The number of carbonyl (C=O) groups is 1. The van der Waals surface area contributed by atoms with E-state index in [1.165, 1.54) is 5.56 Å². The van der Waals surface area contributed by atoms with Gasteiger partial charge in [0.2, 0.25) is 5.91 Å². The zero-order valence-corrected chi connectivity index (χ0v) is 14.2. The van der Waals surface area contributed by atoms with Crippen LogP contribution in [-0.2, 0) is 22.5 Å². The molecule has 0 radical (unpaired) electrons. The lowest BCUT2D eigenvalue weighted by molar-refractivity contribution is -0.139. The second kappa shape index (κ2) is 8.11. The maximum Gasteiger partial charge on any atom is 0.244 e. The third kappa shape index (κ3) is 4.68. The van der Waals surface area contributed by atoms with Crippen molar-refractivity contribution in [2.24, 2.45) is 0 Å². The molecular weight excluding hydrogens is 302 g/mol. The van der Waals surface area contributed by atoms with Gasteiger partial charge in [0.1, 0.15) is 6.54 Å². The number of nitrogens with zero attached hydrogens (tertiary/aromatic N) is 3. The van der Waals surface area contributed by atoms with Crippen LogP contribution in [0.25, 0.3) is 0 Å². The van der Waals surface area contributed by atoms with Gasteiger partial charge in [-0.1, -0.05) is 30.3 Å². The lowest BCUT2D eigenvalue weighted by Crippen LogP contribution is -2.46. The van der Waals surface area contributed by atoms with Gasteiger partial charge in [0.25, 0.3) is 0 Å². The first-order chi connectivity index (χ1) is 11.7. The largest absolute Gasteiger partial charge is 0.375 e. The highest BCUT2D eigenvalue weighted by atomic mass is 16.5. The van der Waals surface area contributed by atoms with E-state index in [4.69, 9.17) is 4.74 Å². The molecule has 0 N–H and O–H groups in total. The molecule has 128 valence electrons. The quantitative estimate of drug-likeness (QED) is 0.819. The summed E-state index contributed by atoms with van der Waals surface area (Å²) in [5, 5.41) is 4.29. The molecule has 0 unspecified atom stereocenters. The molecule has 24 heavy (non-hydrogen) atoms. The number of benzene rings is 1. The number of rotatable bonds is 6. The van der Waals surface area contributed by atoms with Crippen molar-refractivity contribution in [3.63, 3.8) is 0 Å². The average Bonchev–Trinajstić information content (AvgIpc) is 3.01. The van der Waals surface area contributed by atoms with Crippen molar-refractivity contribution in [3.8, 4) is 0 Å².